The van der Waals surface area contributed by atoms with Crippen LogP contribution >= 0.6 is 11.3 Å². The summed E-state index contributed by atoms with van der Waals surface area (Å²) in [7, 11) is 0. The van der Waals surface area contributed by atoms with Gasteiger partial charge in [0, 0.05) is 11.3 Å². The molecule has 2 aromatic heterocycles. The molecule has 4 aromatic rings. The van der Waals surface area contributed by atoms with E-state index in [0.717, 1.165) is 10.2 Å². The number of thiazole rings is 1. The number of benzene rings is 2. The van der Waals surface area contributed by atoms with E-state index < -0.39 is 5.91 Å². The molecule has 6 nitrogen and oxygen atoms in total. The van der Waals surface area contributed by atoms with Gasteiger partial charge in [0.25, 0.3) is 5.91 Å². The molecule has 0 aliphatic carbocycles. The summed E-state index contributed by atoms with van der Waals surface area (Å²) in [4.78, 5) is 28.9. The lowest BCUT2D eigenvalue weighted by atomic mass is 10.2. The number of nitrogens with zero attached hydrogens (tertiary/aromatic N) is 1. The fraction of sp³-hybridized carbons (Fsp3) is 0.0455. The summed E-state index contributed by atoms with van der Waals surface area (Å²) in [5.74, 6) is 2.27. The number of amides is 2. The van der Waals surface area contributed by atoms with Crippen LogP contribution in [-0.2, 0) is 4.79 Å². The van der Waals surface area contributed by atoms with Crippen molar-refractivity contribution in [2.45, 2.75) is 0 Å². The third-order valence-electron chi connectivity index (χ3n) is 4.06. The van der Waals surface area contributed by atoms with Crippen molar-refractivity contribution >= 4 is 39.1 Å². The van der Waals surface area contributed by atoms with E-state index in [4.69, 9.17) is 10.8 Å². The molecule has 29 heavy (non-hydrogen) atoms. The number of furan rings is 1. The topological polar surface area (TPSA) is 84.2 Å². The minimum absolute atomic E-state index is 0.112. The molecule has 0 unspecified atom stereocenters. The fourth-order valence-corrected chi connectivity index (χ4v) is 3.62. The van der Waals surface area contributed by atoms with Gasteiger partial charge in [0.2, 0.25) is 5.91 Å². The maximum atomic E-state index is 12.3. The van der Waals surface area contributed by atoms with Crippen LogP contribution < -0.4 is 10.6 Å². The molecular formula is C22H15N3O3S. The van der Waals surface area contributed by atoms with Gasteiger partial charge >= 0.3 is 0 Å². The van der Waals surface area contributed by atoms with E-state index in [2.05, 4.69) is 21.5 Å². The summed E-state index contributed by atoms with van der Waals surface area (Å²) in [5.41, 5.74) is 2.10. The molecule has 2 heterocycles. The van der Waals surface area contributed by atoms with Crippen LogP contribution in [0.25, 0.3) is 21.0 Å². The van der Waals surface area contributed by atoms with Gasteiger partial charge in [-0.25, -0.2) is 4.98 Å². The monoisotopic (exact) mass is 401 g/mol. The van der Waals surface area contributed by atoms with Crippen LogP contribution in [0.4, 0.5) is 5.69 Å². The highest BCUT2D eigenvalue weighted by Gasteiger charge is 2.15. The molecule has 0 aliphatic rings. The first kappa shape index (κ1) is 18.5. The van der Waals surface area contributed by atoms with Gasteiger partial charge < -0.3 is 15.1 Å². The smallest absolute Gasteiger partial charge is 0.287 e. The van der Waals surface area contributed by atoms with Crippen LogP contribution in [-0.4, -0.2) is 23.3 Å². The summed E-state index contributed by atoms with van der Waals surface area (Å²) in [5, 5.41) is 5.91. The second-order valence-electron chi connectivity index (χ2n) is 6.11. The minimum Gasteiger partial charge on any atom is -0.448 e. The average Bonchev–Trinajstić information content (AvgIpc) is 3.39. The van der Waals surface area contributed by atoms with E-state index in [1.807, 2.05) is 24.3 Å². The Morgan fingerprint density at radius 3 is 2.79 bits per heavy atom. The lowest BCUT2D eigenvalue weighted by molar-refractivity contribution is -0.115. The highest BCUT2D eigenvalue weighted by Crippen LogP contribution is 2.31. The Bertz CT molecular complexity index is 1220. The number of anilines is 1. The van der Waals surface area contributed by atoms with Crippen LogP contribution in [0.3, 0.4) is 0 Å². The van der Waals surface area contributed by atoms with Gasteiger partial charge in [-0.15, -0.1) is 17.8 Å². The van der Waals surface area contributed by atoms with E-state index >= 15 is 0 Å². The average molecular weight is 401 g/mol. The molecule has 0 saturated carbocycles. The van der Waals surface area contributed by atoms with E-state index in [1.54, 1.807) is 36.4 Å². The van der Waals surface area contributed by atoms with Crippen molar-refractivity contribution in [1.82, 2.24) is 10.3 Å². The second kappa shape index (κ2) is 8.00. The van der Waals surface area contributed by atoms with Gasteiger partial charge in [-0.2, -0.15) is 0 Å². The third-order valence-corrected chi connectivity index (χ3v) is 5.11. The highest BCUT2D eigenvalue weighted by molar-refractivity contribution is 7.21. The van der Waals surface area contributed by atoms with Crippen molar-refractivity contribution < 1.29 is 14.0 Å². The lowest BCUT2D eigenvalue weighted by Gasteiger charge is -2.06. The highest BCUT2D eigenvalue weighted by atomic mass is 32.1. The third kappa shape index (κ3) is 4.18. The SMILES string of the molecule is C#Cc1cccc(NC(=O)CNC(=O)c2ccc(-c3nc4ccccc4s3)o2)c1. The number of hydrogen-bond acceptors (Lipinski definition) is 5. The molecule has 0 spiro atoms. The first-order chi connectivity index (χ1) is 14.1. The summed E-state index contributed by atoms with van der Waals surface area (Å²) >= 11 is 1.48. The minimum atomic E-state index is -0.482. The molecule has 0 aliphatic heterocycles. The van der Waals surface area contributed by atoms with Crippen LogP contribution in [0.2, 0.25) is 0 Å². The largest absolute Gasteiger partial charge is 0.448 e. The zero-order valence-corrected chi connectivity index (χ0v) is 16.0. The van der Waals surface area contributed by atoms with Crippen molar-refractivity contribution in [1.29, 1.82) is 0 Å². The van der Waals surface area contributed by atoms with Crippen LogP contribution in [0, 0.1) is 12.3 Å². The molecule has 4 rings (SSSR count). The van der Waals surface area contributed by atoms with Gasteiger partial charge in [0.1, 0.15) is 0 Å². The zero-order chi connectivity index (χ0) is 20.2. The quantitative estimate of drug-likeness (QED) is 0.497. The van der Waals surface area contributed by atoms with Crippen molar-refractivity contribution in [2.24, 2.45) is 0 Å². The maximum absolute atomic E-state index is 12.3. The van der Waals surface area contributed by atoms with E-state index in [9.17, 15) is 9.59 Å². The number of para-hydroxylation sites is 1. The van der Waals surface area contributed by atoms with E-state index in [1.165, 1.54) is 11.3 Å². The van der Waals surface area contributed by atoms with Crippen molar-refractivity contribution in [3.05, 3.63) is 72.0 Å². The van der Waals surface area contributed by atoms with E-state index in [-0.39, 0.29) is 18.2 Å². The molecule has 0 fully saturated rings. The molecule has 7 heteroatoms. The molecule has 2 N–H and O–H groups in total. The predicted octanol–water partition coefficient (Wildman–Crippen LogP) is 3.91. The molecule has 2 aromatic carbocycles. The summed E-state index contributed by atoms with van der Waals surface area (Å²) in [6.07, 6.45) is 5.34. The molecule has 2 amide bonds. The zero-order valence-electron chi connectivity index (χ0n) is 15.1. The van der Waals surface area contributed by atoms with Crippen LogP contribution in [0.1, 0.15) is 16.1 Å². The Morgan fingerprint density at radius 2 is 1.97 bits per heavy atom. The second-order valence-corrected chi connectivity index (χ2v) is 7.14. The number of fused-ring (bicyclic) bond motifs is 1. The first-order valence-corrected chi connectivity index (χ1v) is 9.54. The molecule has 0 atom stereocenters. The molecular weight excluding hydrogens is 386 g/mol. The standard InChI is InChI=1S/C22H15N3O3S/c1-2-14-6-5-7-15(12-14)24-20(26)13-23-21(27)17-10-11-18(28-17)22-25-16-8-3-4-9-19(16)29-22/h1,3-12H,13H2,(H,23,27)(H,24,26). The van der Waals surface area contributed by atoms with Crippen LogP contribution in [0.5, 0.6) is 0 Å². The summed E-state index contributed by atoms with van der Waals surface area (Å²) in [6, 6.07) is 17.9. The number of hydrogen-bond donors (Lipinski definition) is 2. The number of carbonyl (C=O) groups is 2. The molecule has 142 valence electrons. The lowest BCUT2D eigenvalue weighted by Crippen LogP contribution is -2.32. The van der Waals surface area contributed by atoms with Crippen LogP contribution in [0.15, 0.2) is 65.1 Å². The Morgan fingerprint density at radius 1 is 1.10 bits per heavy atom. The number of terminal acetylenes is 1. The van der Waals surface area contributed by atoms with Gasteiger partial charge in [-0.05, 0) is 42.5 Å². The van der Waals surface area contributed by atoms with Crippen molar-refractivity contribution in [3.63, 3.8) is 0 Å². The Kier molecular flexibility index (Phi) is 5.10. The van der Waals surface area contributed by atoms with Gasteiger partial charge in [0.05, 0.1) is 16.8 Å². The Hall–Kier alpha value is -3.89. The Labute approximate surface area is 170 Å². The summed E-state index contributed by atoms with van der Waals surface area (Å²) in [6.45, 7) is -0.198. The van der Waals surface area contributed by atoms with Crippen molar-refractivity contribution in [2.75, 3.05) is 11.9 Å². The Balaban J connectivity index is 1.37. The first-order valence-electron chi connectivity index (χ1n) is 8.73. The molecule has 0 radical (unpaired) electrons. The fourth-order valence-electron chi connectivity index (χ4n) is 2.69. The predicted molar refractivity (Wildman–Crippen MR) is 113 cm³/mol. The molecule has 0 bridgehead atoms. The number of aromatic nitrogens is 1. The van der Waals surface area contributed by atoms with Gasteiger partial charge in [0.15, 0.2) is 16.5 Å². The summed E-state index contributed by atoms with van der Waals surface area (Å²) < 4.78 is 6.66. The number of rotatable bonds is 5. The van der Waals surface area contributed by atoms with E-state index in [0.29, 0.717) is 22.0 Å². The number of nitrogens with one attached hydrogen (secondary N) is 2. The normalized spacial score (nSPS) is 10.4. The number of carbonyl (C=O) groups excluding carboxylic acids is 2. The molecule has 0 saturated heterocycles. The van der Waals surface area contributed by atoms with Gasteiger partial charge in [-0.1, -0.05) is 24.1 Å². The maximum Gasteiger partial charge on any atom is 0.287 e. The van der Waals surface area contributed by atoms with Gasteiger partial charge in [-0.3, -0.25) is 9.59 Å². The van der Waals surface area contributed by atoms with Crippen molar-refractivity contribution in [3.8, 4) is 23.1 Å².